The molecule has 6 rings (SSSR count). The first-order valence-corrected chi connectivity index (χ1v) is 16.7. The molecule has 1 heterocycles. The van der Waals surface area contributed by atoms with Gasteiger partial charge >= 0.3 is 11.9 Å². The number of esters is 2. The van der Waals surface area contributed by atoms with Crippen molar-refractivity contribution < 1.29 is 32.3 Å². The van der Waals surface area contributed by atoms with Gasteiger partial charge in [-0.3, -0.25) is 14.9 Å². The molecule has 1 fully saturated rings. The van der Waals surface area contributed by atoms with Crippen molar-refractivity contribution in [2.75, 3.05) is 20.8 Å². The standard InChI is InChI=1S/C36H35N3O7S/c1-45-34(41)31(37-33(40)30-22-13-23-39(30)47(43,44)25-16-7-4-8-17-25)32(35(42)46-2)38-36(24-14-5-3-6-15-24)28-20-11-9-18-26(28)27-19-10-12-21-29(27)36/h3-12,14-21,30-32,38H,13,22-23H2,1-2H3,(H,37,40)/t30?,31-,32-/m0/s1. The molecule has 47 heavy (non-hydrogen) atoms. The normalized spacial score (nSPS) is 18.0. The third-order valence-corrected chi connectivity index (χ3v) is 10.9. The summed E-state index contributed by atoms with van der Waals surface area (Å²) in [6.45, 7) is 0.127. The van der Waals surface area contributed by atoms with E-state index in [0.717, 1.165) is 39.2 Å². The lowest BCUT2D eigenvalue weighted by molar-refractivity contribution is -0.154. The van der Waals surface area contributed by atoms with E-state index < -0.39 is 51.5 Å². The molecule has 10 nitrogen and oxygen atoms in total. The number of sulfonamides is 1. The highest BCUT2D eigenvalue weighted by Crippen LogP contribution is 2.51. The van der Waals surface area contributed by atoms with Crippen molar-refractivity contribution in [1.29, 1.82) is 0 Å². The number of hydrogen-bond donors (Lipinski definition) is 2. The van der Waals surface area contributed by atoms with Crippen LogP contribution in [0.1, 0.15) is 29.5 Å². The van der Waals surface area contributed by atoms with Gasteiger partial charge < -0.3 is 14.8 Å². The summed E-state index contributed by atoms with van der Waals surface area (Å²) in [5.41, 5.74) is 3.20. The van der Waals surface area contributed by atoms with Gasteiger partial charge in [0.05, 0.1) is 24.7 Å². The Bertz CT molecular complexity index is 1850. The minimum atomic E-state index is -4.02. The molecule has 4 aromatic carbocycles. The van der Waals surface area contributed by atoms with E-state index in [4.69, 9.17) is 9.47 Å². The molecular formula is C36H35N3O7S. The van der Waals surface area contributed by atoms with Crippen LogP contribution in [0, 0.1) is 0 Å². The highest BCUT2D eigenvalue weighted by Gasteiger charge is 2.50. The van der Waals surface area contributed by atoms with E-state index in [2.05, 4.69) is 10.6 Å². The van der Waals surface area contributed by atoms with Crippen LogP contribution in [0.2, 0.25) is 0 Å². The quantitative estimate of drug-likeness (QED) is 0.249. The van der Waals surface area contributed by atoms with Gasteiger partial charge in [-0.15, -0.1) is 0 Å². The fraction of sp³-hybridized carbons (Fsp3) is 0.250. The van der Waals surface area contributed by atoms with Gasteiger partial charge in [0.25, 0.3) is 0 Å². The lowest BCUT2D eigenvalue weighted by Gasteiger charge is -2.39. The fourth-order valence-electron chi connectivity index (χ4n) is 6.78. The molecule has 0 saturated carbocycles. The lowest BCUT2D eigenvalue weighted by atomic mass is 9.79. The molecule has 2 N–H and O–H groups in total. The number of nitrogens with one attached hydrogen (secondary N) is 2. The number of ether oxygens (including phenoxy) is 2. The van der Waals surface area contributed by atoms with Crippen molar-refractivity contribution in [2.45, 2.75) is 41.4 Å². The minimum Gasteiger partial charge on any atom is -0.468 e. The second-order valence-corrected chi connectivity index (χ2v) is 13.3. The van der Waals surface area contributed by atoms with E-state index >= 15 is 0 Å². The molecule has 1 amide bonds. The molecule has 1 aliphatic heterocycles. The maximum absolute atomic E-state index is 14.0. The van der Waals surface area contributed by atoms with Gasteiger partial charge in [0.1, 0.15) is 12.1 Å². The Morgan fingerprint density at radius 1 is 0.745 bits per heavy atom. The van der Waals surface area contributed by atoms with E-state index in [1.165, 1.54) is 19.2 Å². The van der Waals surface area contributed by atoms with Crippen LogP contribution in [-0.4, -0.2) is 69.5 Å². The molecule has 0 aromatic heterocycles. The number of fused-ring (bicyclic) bond motifs is 3. The number of carbonyl (C=O) groups excluding carboxylic acids is 3. The molecule has 0 spiro atoms. The summed E-state index contributed by atoms with van der Waals surface area (Å²) in [7, 11) is -1.66. The summed E-state index contributed by atoms with van der Waals surface area (Å²) < 4.78 is 38.6. The van der Waals surface area contributed by atoms with Gasteiger partial charge in [-0.1, -0.05) is 97.1 Å². The molecule has 0 radical (unpaired) electrons. The van der Waals surface area contributed by atoms with Crippen LogP contribution >= 0.6 is 0 Å². The van der Waals surface area contributed by atoms with E-state index in [1.54, 1.807) is 18.2 Å². The molecular weight excluding hydrogens is 618 g/mol. The van der Waals surface area contributed by atoms with Crippen molar-refractivity contribution in [1.82, 2.24) is 14.9 Å². The van der Waals surface area contributed by atoms with Crippen molar-refractivity contribution in [3.05, 3.63) is 126 Å². The lowest BCUT2D eigenvalue weighted by Crippen LogP contribution is -2.64. The van der Waals surface area contributed by atoms with Crippen LogP contribution in [0.3, 0.4) is 0 Å². The second-order valence-electron chi connectivity index (χ2n) is 11.4. The third kappa shape index (κ3) is 5.60. The summed E-state index contributed by atoms with van der Waals surface area (Å²) in [4.78, 5) is 41.2. The van der Waals surface area contributed by atoms with Crippen LogP contribution < -0.4 is 10.6 Å². The van der Waals surface area contributed by atoms with Gasteiger partial charge in [0.15, 0.2) is 6.04 Å². The second kappa shape index (κ2) is 13.1. The number of carbonyl (C=O) groups is 3. The monoisotopic (exact) mass is 653 g/mol. The fourth-order valence-corrected chi connectivity index (χ4v) is 8.46. The Balaban J connectivity index is 1.42. The first-order valence-electron chi connectivity index (χ1n) is 15.3. The average molecular weight is 654 g/mol. The predicted octanol–water partition coefficient (Wildman–Crippen LogP) is 3.60. The van der Waals surface area contributed by atoms with Gasteiger partial charge in [-0.05, 0) is 52.8 Å². The predicted molar refractivity (Wildman–Crippen MR) is 174 cm³/mol. The summed E-state index contributed by atoms with van der Waals surface area (Å²) in [5.74, 6) is -2.45. The van der Waals surface area contributed by atoms with Crippen molar-refractivity contribution in [3.63, 3.8) is 0 Å². The minimum absolute atomic E-state index is 0.0571. The summed E-state index contributed by atoms with van der Waals surface area (Å²) in [6.07, 6.45) is 0.674. The topological polar surface area (TPSA) is 131 Å². The molecule has 0 bridgehead atoms. The zero-order valence-electron chi connectivity index (χ0n) is 26.0. The average Bonchev–Trinajstić information content (AvgIpc) is 3.73. The smallest absolute Gasteiger partial charge is 0.330 e. The zero-order valence-corrected chi connectivity index (χ0v) is 26.8. The Morgan fingerprint density at radius 2 is 1.26 bits per heavy atom. The largest absolute Gasteiger partial charge is 0.468 e. The van der Waals surface area contributed by atoms with Crippen LogP contribution in [0.25, 0.3) is 11.1 Å². The molecule has 4 aromatic rings. The van der Waals surface area contributed by atoms with Gasteiger partial charge in [-0.2, -0.15) is 4.31 Å². The Hall–Kier alpha value is -4.84. The van der Waals surface area contributed by atoms with Crippen molar-refractivity contribution >= 4 is 27.9 Å². The number of hydrogen-bond acceptors (Lipinski definition) is 8. The summed E-state index contributed by atoms with van der Waals surface area (Å²) in [5, 5.41) is 6.15. The van der Waals surface area contributed by atoms with E-state index in [0.29, 0.717) is 6.42 Å². The molecule has 1 aliphatic carbocycles. The highest BCUT2D eigenvalue weighted by atomic mass is 32.2. The Kier molecular flexibility index (Phi) is 8.96. The summed E-state index contributed by atoms with van der Waals surface area (Å²) >= 11 is 0. The molecule has 1 unspecified atom stereocenters. The van der Waals surface area contributed by atoms with Crippen molar-refractivity contribution in [3.8, 4) is 11.1 Å². The maximum Gasteiger partial charge on any atom is 0.330 e. The van der Waals surface area contributed by atoms with Gasteiger partial charge in [0, 0.05) is 6.54 Å². The SMILES string of the molecule is COC(=O)[C@@H](NC(=O)C1CCCN1S(=O)(=O)c1ccccc1)[C@H](NC1(c2ccccc2)c2ccccc2-c2ccccc21)C(=O)OC. The Morgan fingerprint density at radius 3 is 1.83 bits per heavy atom. The van der Waals surface area contributed by atoms with E-state index in [-0.39, 0.29) is 17.9 Å². The highest BCUT2D eigenvalue weighted by molar-refractivity contribution is 7.89. The van der Waals surface area contributed by atoms with Gasteiger partial charge in [0.2, 0.25) is 15.9 Å². The van der Waals surface area contributed by atoms with E-state index in [9.17, 15) is 22.8 Å². The van der Waals surface area contributed by atoms with E-state index in [1.807, 2.05) is 78.9 Å². The number of nitrogens with zero attached hydrogens (tertiary/aromatic N) is 1. The molecule has 2 aliphatic rings. The zero-order chi connectivity index (χ0) is 33.2. The van der Waals surface area contributed by atoms with Gasteiger partial charge in [-0.25, -0.2) is 13.2 Å². The van der Waals surface area contributed by atoms with Crippen LogP contribution in [0.15, 0.2) is 114 Å². The Labute approximate surface area is 273 Å². The molecule has 3 atom stereocenters. The maximum atomic E-state index is 14.0. The van der Waals surface area contributed by atoms with Crippen LogP contribution in [0.5, 0.6) is 0 Å². The molecule has 242 valence electrons. The third-order valence-electron chi connectivity index (χ3n) is 8.93. The number of methoxy groups -OCH3 is 2. The van der Waals surface area contributed by atoms with Crippen LogP contribution in [0.4, 0.5) is 0 Å². The number of rotatable bonds is 10. The van der Waals surface area contributed by atoms with Crippen LogP contribution in [-0.2, 0) is 39.4 Å². The molecule has 11 heteroatoms. The number of benzene rings is 4. The molecule has 1 saturated heterocycles. The summed E-state index contributed by atoms with van der Waals surface area (Å²) in [6, 6.07) is 28.8. The van der Waals surface area contributed by atoms with Crippen molar-refractivity contribution in [2.24, 2.45) is 0 Å². The number of amides is 1. The first kappa shape index (κ1) is 32.1. The first-order chi connectivity index (χ1) is 22.7.